The zero-order chi connectivity index (χ0) is 13.1. The Hall–Kier alpha value is -1.99. The fraction of sp³-hybridized carbons (Fsp3) is 0.700. The molecule has 2 heterocycles. The smallest absolute Gasteiger partial charge is 0.308 e. The molecule has 98 valence electrons. The molecule has 18 heavy (non-hydrogen) atoms. The molecule has 1 atom stereocenters. The van der Waals surface area contributed by atoms with Crippen molar-refractivity contribution in [1.29, 1.82) is 0 Å². The number of aromatic nitrogens is 4. The van der Waals surface area contributed by atoms with Crippen molar-refractivity contribution in [3.8, 4) is 0 Å². The van der Waals surface area contributed by atoms with E-state index in [1.54, 1.807) is 11.9 Å². The summed E-state index contributed by atoms with van der Waals surface area (Å²) in [6.07, 6.45) is 1.46. The van der Waals surface area contributed by atoms with Crippen LogP contribution >= 0.6 is 0 Å². The number of hydrogen-bond acceptors (Lipinski definition) is 5. The van der Waals surface area contributed by atoms with Crippen molar-refractivity contribution in [3.63, 3.8) is 0 Å². The van der Waals surface area contributed by atoms with E-state index in [4.69, 9.17) is 5.11 Å². The zero-order valence-electron chi connectivity index (χ0n) is 10.1. The van der Waals surface area contributed by atoms with Crippen LogP contribution in [-0.4, -0.2) is 55.2 Å². The Balaban J connectivity index is 1.97. The maximum Gasteiger partial charge on any atom is 0.308 e. The molecular formula is C10H15N5O3. The molecule has 0 saturated carbocycles. The number of carboxylic acid groups (broad SMARTS) is 1. The van der Waals surface area contributed by atoms with Gasteiger partial charge in [0.25, 0.3) is 0 Å². The average Bonchev–Trinajstić information content (AvgIpc) is 2.75. The standard InChI is InChI=1S/C10H15N5O3/c1-14-8(11-12-13-14)5-9(16)15-4-2-3-7(6-15)10(17)18/h7H,2-6H2,1H3,(H,17,18). The molecule has 0 aliphatic carbocycles. The largest absolute Gasteiger partial charge is 0.481 e. The van der Waals surface area contributed by atoms with E-state index < -0.39 is 11.9 Å². The molecule has 1 aliphatic heterocycles. The SMILES string of the molecule is Cn1nnnc1CC(=O)N1CCCC(C(=O)O)C1. The first kappa shape index (κ1) is 12.5. The fourth-order valence-corrected chi connectivity index (χ4v) is 2.05. The van der Waals surface area contributed by atoms with Crippen molar-refractivity contribution in [2.75, 3.05) is 13.1 Å². The van der Waals surface area contributed by atoms with Gasteiger partial charge in [-0.15, -0.1) is 5.10 Å². The summed E-state index contributed by atoms with van der Waals surface area (Å²) in [4.78, 5) is 24.5. The van der Waals surface area contributed by atoms with Crippen LogP contribution in [0.5, 0.6) is 0 Å². The normalized spacial score (nSPS) is 19.8. The second-order valence-electron chi connectivity index (χ2n) is 4.41. The summed E-state index contributed by atoms with van der Waals surface area (Å²) in [5.74, 6) is -0.940. The minimum Gasteiger partial charge on any atom is -0.481 e. The number of hydrogen-bond donors (Lipinski definition) is 1. The number of aliphatic carboxylic acids is 1. The van der Waals surface area contributed by atoms with Gasteiger partial charge in [-0.25, -0.2) is 4.68 Å². The van der Waals surface area contributed by atoms with Crippen LogP contribution in [-0.2, 0) is 23.1 Å². The highest BCUT2D eigenvalue weighted by Gasteiger charge is 2.28. The van der Waals surface area contributed by atoms with Crippen molar-refractivity contribution in [1.82, 2.24) is 25.1 Å². The lowest BCUT2D eigenvalue weighted by atomic mass is 9.98. The van der Waals surface area contributed by atoms with E-state index in [-0.39, 0.29) is 18.9 Å². The number of aryl methyl sites for hydroxylation is 1. The third-order valence-electron chi connectivity index (χ3n) is 3.14. The van der Waals surface area contributed by atoms with Crippen LogP contribution in [0.15, 0.2) is 0 Å². The monoisotopic (exact) mass is 253 g/mol. The van der Waals surface area contributed by atoms with Gasteiger partial charge >= 0.3 is 5.97 Å². The molecule has 2 rings (SSSR count). The molecule has 1 amide bonds. The maximum atomic E-state index is 12.0. The summed E-state index contributed by atoms with van der Waals surface area (Å²) >= 11 is 0. The summed E-state index contributed by atoms with van der Waals surface area (Å²) < 4.78 is 1.44. The quantitative estimate of drug-likeness (QED) is 0.747. The summed E-state index contributed by atoms with van der Waals surface area (Å²) in [7, 11) is 1.67. The highest BCUT2D eigenvalue weighted by Crippen LogP contribution is 2.17. The third kappa shape index (κ3) is 2.63. The van der Waals surface area contributed by atoms with Crippen LogP contribution < -0.4 is 0 Å². The van der Waals surface area contributed by atoms with Gasteiger partial charge in [-0.05, 0) is 23.3 Å². The van der Waals surface area contributed by atoms with Crippen LogP contribution in [0.3, 0.4) is 0 Å². The Morgan fingerprint density at radius 2 is 2.28 bits per heavy atom. The molecule has 1 saturated heterocycles. The molecule has 0 spiro atoms. The number of carbonyl (C=O) groups excluding carboxylic acids is 1. The highest BCUT2D eigenvalue weighted by molar-refractivity contribution is 5.79. The molecule has 1 aliphatic rings. The molecule has 0 bridgehead atoms. The Kier molecular flexibility index (Phi) is 3.54. The predicted octanol–water partition coefficient (Wildman–Crippen LogP) is -0.924. The van der Waals surface area contributed by atoms with Crippen LogP contribution in [0.4, 0.5) is 0 Å². The Labute approximate surface area is 104 Å². The number of rotatable bonds is 3. The molecule has 0 aromatic carbocycles. The van der Waals surface area contributed by atoms with Crippen molar-refractivity contribution in [2.24, 2.45) is 13.0 Å². The first-order valence-electron chi connectivity index (χ1n) is 5.79. The Morgan fingerprint density at radius 3 is 2.89 bits per heavy atom. The highest BCUT2D eigenvalue weighted by atomic mass is 16.4. The number of carboxylic acids is 1. The van der Waals surface area contributed by atoms with E-state index in [1.807, 2.05) is 0 Å². The lowest BCUT2D eigenvalue weighted by Crippen LogP contribution is -2.43. The molecule has 1 aromatic rings. The van der Waals surface area contributed by atoms with E-state index in [2.05, 4.69) is 15.5 Å². The van der Waals surface area contributed by atoms with Gasteiger partial charge in [0.2, 0.25) is 5.91 Å². The van der Waals surface area contributed by atoms with Crippen molar-refractivity contribution in [3.05, 3.63) is 5.82 Å². The van der Waals surface area contributed by atoms with Gasteiger partial charge in [-0.3, -0.25) is 9.59 Å². The Morgan fingerprint density at radius 1 is 1.50 bits per heavy atom. The molecular weight excluding hydrogens is 238 g/mol. The fourth-order valence-electron chi connectivity index (χ4n) is 2.05. The Bertz CT molecular complexity index is 458. The minimum atomic E-state index is -0.840. The average molecular weight is 253 g/mol. The van der Waals surface area contributed by atoms with Crippen LogP contribution in [0.1, 0.15) is 18.7 Å². The van der Waals surface area contributed by atoms with Gasteiger partial charge < -0.3 is 10.0 Å². The first-order chi connectivity index (χ1) is 8.58. The second kappa shape index (κ2) is 5.11. The van der Waals surface area contributed by atoms with Gasteiger partial charge in [0.15, 0.2) is 5.82 Å². The number of likely N-dealkylation sites (tertiary alicyclic amines) is 1. The number of carbonyl (C=O) groups is 2. The predicted molar refractivity (Wildman–Crippen MR) is 59.4 cm³/mol. The molecule has 8 nitrogen and oxygen atoms in total. The van der Waals surface area contributed by atoms with E-state index in [1.165, 1.54) is 4.68 Å². The van der Waals surface area contributed by atoms with Crippen LogP contribution in [0.25, 0.3) is 0 Å². The van der Waals surface area contributed by atoms with E-state index in [9.17, 15) is 9.59 Å². The van der Waals surface area contributed by atoms with Gasteiger partial charge in [0.1, 0.15) is 0 Å². The van der Waals surface area contributed by atoms with Gasteiger partial charge in [-0.1, -0.05) is 0 Å². The van der Waals surface area contributed by atoms with E-state index >= 15 is 0 Å². The third-order valence-corrected chi connectivity index (χ3v) is 3.14. The molecule has 1 N–H and O–H groups in total. The lowest BCUT2D eigenvalue weighted by Gasteiger charge is -2.30. The number of tetrazole rings is 1. The first-order valence-corrected chi connectivity index (χ1v) is 5.79. The molecule has 0 radical (unpaired) electrons. The van der Waals surface area contributed by atoms with E-state index in [0.29, 0.717) is 18.8 Å². The topological polar surface area (TPSA) is 101 Å². The number of piperidine rings is 1. The summed E-state index contributed by atoms with van der Waals surface area (Å²) in [6.45, 7) is 0.882. The minimum absolute atomic E-state index is 0.107. The molecule has 1 aromatic heterocycles. The summed E-state index contributed by atoms with van der Waals surface area (Å²) in [5.41, 5.74) is 0. The zero-order valence-corrected chi connectivity index (χ0v) is 10.1. The number of amides is 1. The van der Waals surface area contributed by atoms with Crippen LogP contribution in [0, 0.1) is 5.92 Å². The lowest BCUT2D eigenvalue weighted by molar-refractivity contribution is -0.145. The summed E-state index contributed by atoms with van der Waals surface area (Å²) in [6, 6.07) is 0. The second-order valence-corrected chi connectivity index (χ2v) is 4.41. The molecule has 1 unspecified atom stereocenters. The van der Waals surface area contributed by atoms with Crippen LogP contribution in [0.2, 0.25) is 0 Å². The number of nitrogens with zero attached hydrogens (tertiary/aromatic N) is 5. The van der Waals surface area contributed by atoms with Gasteiger partial charge in [0, 0.05) is 20.1 Å². The summed E-state index contributed by atoms with van der Waals surface area (Å²) in [5, 5.41) is 19.8. The molecule has 8 heteroatoms. The van der Waals surface area contributed by atoms with Crippen molar-refractivity contribution in [2.45, 2.75) is 19.3 Å². The maximum absolute atomic E-state index is 12.0. The van der Waals surface area contributed by atoms with Gasteiger partial charge in [-0.2, -0.15) is 0 Å². The van der Waals surface area contributed by atoms with Crippen molar-refractivity contribution >= 4 is 11.9 Å². The molecule has 1 fully saturated rings. The van der Waals surface area contributed by atoms with Crippen molar-refractivity contribution < 1.29 is 14.7 Å². The van der Waals surface area contributed by atoms with E-state index in [0.717, 1.165) is 6.42 Å². The van der Waals surface area contributed by atoms with Gasteiger partial charge in [0.05, 0.1) is 12.3 Å².